The number of nitrogens with one attached hydrogen (secondary N) is 1. The molecule has 3 aromatic rings. The Kier molecular flexibility index (Phi) is 4.83. The van der Waals surface area contributed by atoms with Gasteiger partial charge in [0, 0.05) is 13.6 Å². The summed E-state index contributed by atoms with van der Waals surface area (Å²) >= 11 is 6.94. The highest BCUT2D eigenvalue weighted by Crippen LogP contribution is 2.30. The van der Waals surface area contributed by atoms with Gasteiger partial charge in [0.2, 0.25) is 0 Å². The molecule has 0 unspecified atom stereocenters. The lowest BCUT2D eigenvalue weighted by Crippen LogP contribution is -2.47. The van der Waals surface area contributed by atoms with Crippen LogP contribution in [0.1, 0.15) is 5.56 Å². The number of rotatable bonds is 3. The quantitative estimate of drug-likeness (QED) is 0.636. The molecule has 3 amide bonds. The Morgan fingerprint density at radius 1 is 1.41 bits per heavy atom. The number of aromatic nitrogens is 2. The fraction of sp³-hybridized carbons (Fsp3) is 0.222. The van der Waals surface area contributed by atoms with Crippen LogP contribution in [-0.4, -0.2) is 41.5 Å². The molecule has 150 valence electrons. The van der Waals surface area contributed by atoms with Crippen molar-refractivity contribution in [2.24, 2.45) is 0 Å². The van der Waals surface area contributed by atoms with Crippen molar-refractivity contribution in [3.63, 3.8) is 0 Å². The van der Waals surface area contributed by atoms with Crippen LogP contribution < -0.4 is 15.1 Å². The second-order valence-corrected chi connectivity index (χ2v) is 7.68. The molecule has 11 heteroatoms. The molecule has 1 N–H and O–H groups in total. The molecule has 29 heavy (non-hydrogen) atoms. The van der Waals surface area contributed by atoms with Crippen molar-refractivity contribution in [3.05, 3.63) is 45.9 Å². The number of thiazole rings is 1. The van der Waals surface area contributed by atoms with Gasteiger partial charge in [-0.25, -0.2) is 23.5 Å². The largest absolute Gasteiger partial charge is 0.335 e. The van der Waals surface area contributed by atoms with Crippen molar-refractivity contribution in [1.29, 1.82) is 0 Å². The van der Waals surface area contributed by atoms with Crippen LogP contribution in [0.25, 0.3) is 10.3 Å². The van der Waals surface area contributed by atoms with Gasteiger partial charge in [0.05, 0.1) is 11.2 Å². The molecule has 1 aromatic carbocycles. The van der Waals surface area contributed by atoms with E-state index in [0.29, 0.717) is 10.6 Å². The number of nitrogens with zero attached hydrogens (tertiary/aromatic N) is 4. The summed E-state index contributed by atoms with van der Waals surface area (Å²) in [4.78, 5) is 37.1. The lowest BCUT2D eigenvalue weighted by atomic mass is 10.2. The topological polar surface area (TPSA) is 78.4 Å². The molecule has 1 atom stereocenters. The first-order valence-corrected chi connectivity index (χ1v) is 9.74. The van der Waals surface area contributed by atoms with Crippen LogP contribution in [0, 0.1) is 18.6 Å². The second kappa shape index (κ2) is 7.20. The number of anilines is 2. The van der Waals surface area contributed by atoms with E-state index >= 15 is 0 Å². The molecule has 0 spiro atoms. The number of pyridine rings is 1. The van der Waals surface area contributed by atoms with Gasteiger partial charge in [-0.3, -0.25) is 9.69 Å². The van der Waals surface area contributed by atoms with Crippen LogP contribution in [-0.2, 0) is 4.79 Å². The second-order valence-electron chi connectivity index (χ2n) is 6.47. The number of hydrogen-bond acceptors (Lipinski definition) is 5. The first kappa shape index (κ1) is 19.5. The number of urea groups is 1. The van der Waals surface area contributed by atoms with E-state index in [1.54, 1.807) is 11.6 Å². The lowest BCUT2D eigenvalue weighted by Gasteiger charge is -2.26. The van der Waals surface area contributed by atoms with Gasteiger partial charge in [-0.2, -0.15) is 0 Å². The Morgan fingerprint density at radius 2 is 2.17 bits per heavy atom. The third-order valence-corrected chi connectivity index (χ3v) is 5.76. The maximum atomic E-state index is 14.4. The van der Waals surface area contributed by atoms with Crippen LogP contribution in [0.4, 0.5) is 25.1 Å². The van der Waals surface area contributed by atoms with E-state index in [1.807, 2.05) is 6.92 Å². The average molecular weight is 438 g/mol. The minimum Gasteiger partial charge on any atom is -0.335 e. The van der Waals surface area contributed by atoms with Crippen LogP contribution in [0.2, 0.25) is 5.02 Å². The Bertz CT molecular complexity index is 1150. The SMILES string of the molecule is Cc1cc(N2C(=O)NC[C@H]2C(=O)N(C)c2ccc(F)c(Cl)c2F)nc2scnc12. The Hall–Kier alpha value is -2.85. The van der Waals surface area contributed by atoms with E-state index in [0.717, 1.165) is 28.1 Å². The molecule has 1 fully saturated rings. The van der Waals surface area contributed by atoms with Crippen molar-refractivity contribution < 1.29 is 18.4 Å². The Labute approximate surface area is 172 Å². The predicted octanol–water partition coefficient (Wildman–Crippen LogP) is 3.49. The number of carbonyl (C=O) groups excluding carboxylic acids is 2. The molecule has 1 aliphatic rings. The number of benzene rings is 1. The molecule has 1 saturated heterocycles. The molecule has 0 saturated carbocycles. The highest BCUT2D eigenvalue weighted by atomic mass is 35.5. The van der Waals surface area contributed by atoms with Crippen LogP contribution in [0.5, 0.6) is 0 Å². The van der Waals surface area contributed by atoms with E-state index in [9.17, 15) is 18.4 Å². The number of halogens is 3. The third kappa shape index (κ3) is 3.18. The van der Waals surface area contributed by atoms with E-state index in [2.05, 4.69) is 15.3 Å². The van der Waals surface area contributed by atoms with Gasteiger partial charge < -0.3 is 10.2 Å². The minimum absolute atomic E-state index is 0.0139. The normalized spacial score (nSPS) is 16.4. The summed E-state index contributed by atoms with van der Waals surface area (Å²) in [6, 6.07) is 2.30. The highest BCUT2D eigenvalue weighted by molar-refractivity contribution is 7.16. The van der Waals surface area contributed by atoms with Crippen molar-refractivity contribution in [3.8, 4) is 0 Å². The minimum atomic E-state index is -1.05. The van der Waals surface area contributed by atoms with Gasteiger partial charge in [-0.1, -0.05) is 11.6 Å². The van der Waals surface area contributed by atoms with Gasteiger partial charge in [0.25, 0.3) is 5.91 Å². The number of fused-ring (bicyclic) bond motifs is 1. The molecule has 0 radical (unpaired) electrons. The average Bonchev–Trinajstić information content (AvgIpc) is 3.32. The van der Waals surface area contributed by atoms with Crippen molar-refractivity contribution in [1.82, 2.24) is 15.3 Å². The first-order chi connectivity index (χ1) is 13.8. The lowest BCUT2D eigenvalue weighted by molar-refractivity contribution is -0.119. The number of likely N-dealkylation sites (N-methyl/N-ethyl adjacent to an activating group) is 1. The number of hydrogen-bond donors (Lipinski definition) is 1. The highest BCUT2D eigenvalue weighted by Gasteiger charge is 2.40. The van der Waals surface area contributed by atoms with E-state index in [-0.39, 0.29) is 12.2 Å². The molecule has 1 aliphatic heterocycles. The zero-order valence-corrected chi connectivity index (χ0v) is 16.8. The molecule has 2 aromatic heterocycles. The van der Waals surface area contributed by atoms with Gasteiger partial charge in [0.15, 0.2) is 5.82 Å². The van der Waals surface area contributed by atoms with Crippen molar-refractivity contribution >= 4 is 56.7 Å². The Morgan fingerprint density at radius 3 is 2.93 bits per heavy atom. The molecular weight excluding hydrogens is 424 g/mol. The summed E-state index contributed by atoms with van der Waals surface area (Å²) in [5.74, 6) is -2.26. The van der Waals surface area contributed by atoms with Gasteiger partial charge >= 0.3 is 6.03 Å². The smallest absolute Gasteiger partial charge is 0.323 e. The predicted molar refractivity (Wildman–Crippen MR) is 107 cm³/mol. The van der Waals surface area contributed by atoms with Gasteiger partial charge in [0.1, 0.15) is 33.0 Å². The molecule has 7 nitrogen and oxygen atoms in total. The van der Waals surface area contributed by atoms with Crippen molar-refractivity contribution in [2.75, 3.05) is 23.4 Å². The summed E-state index contributed by atoms with van der Waals surface area (Å²) in [5, 5.41) is 1.91. The number of carbonyl (C=O) groups is 2. The summed E-state index contributed by atoms with van der Waals surface area (Å²) in [6.07, 6.45) is 0. The number of amides is 3. The van der Waals surface area contributed by atoms with Gasteiger partial charge in [-0.05, 0) is 30.7 Å². The molecule has 4 rings (SSSR count). The van der Waals surface area contributed by atoms with Crippen LogP contribution >= 0.6 is 22.9 Å². The molecule has 0 bridgehead atoms. The maximum Gasteiger partial charge on any atom is 0.323 e. The third-order valence-electron chi connectivity index (χ3n) is 4.70. The monoisotopic (exact) mass is 437 g/mol. The maximum absolute atomic E-state index is 14.4. The van der Waals surface area contributed by atoms with Crippen molar-refractivity contribution in [2.45, 2.75) is 13.0 Å². The van der Waals surface area contributed by atoms with Crippen LogP contribution in [0.15, 0.2) is 23.7 Å². The molecule has 0 aliphatic carbocycles. The van der Waals surface area contributed by atoms with E-state index in [4.69, 9.17) is 11.6 Å². The fourth-order valence-corrected chi connectivity index (χ4v) is 4.08. The summed E-state index contributed by atoms with van der Waals surface area (Å²) in [5.41, 5.74) is 2.99. The van der Waals surface area contributed by atoms with Gasteiger partial charge in [-0.15, -0.1) is 11.3 Å². The number of aryl methyl sites for hydroxylation is 1. The fourth-order valence-electron chi connectivity index (χ4n) is 3.19. The summed E-state index contributed by atoms with van der Waals surface area (Å²) in [6.45, 7) is 1.85. The van der Waals surface area contributed by atoms with E-state index in [1.165, 1.54) is 23.3 Å². The zero-order valence-electron chi connectivity index (χ0n) is 15.2. The standard InChI is InChI=1S/C18H14ClF2N5O2S/c1-8-5-12(24-16-15(8)23-7-29-16)26-11(6-22-18(26)28)17(27)25(2)10-4-3-9(20)13(19)14(10)21/h3-5,7,11H,6H2,1-2H3,(H,22,28)/t11-/m0/s1. The van der Waals surface area contributed by atoms with E-state index < -0.39 is 34.6 Å². The van der Waals surface area contributed by atoms with Crippen LogP contribution in [0.3, 0.4) is 0 Å². The zero-order chi connectivity index (χ0) is 20.9. The summed E-state index contributed by atoms with van der Waals surface area (Å²) < 4.78 is 27.8. The molecular formula is C18H14ClF2N5O2S. The summed E-state index contributed by atoms with van der Waals surface area (Å²) in [7, 11) is 1.33. The molecule has 3 heterocycles. The Balaban J connectivity index is 1.70. The first-order valence-electron chi connectivity index (χ1n) is 8.48.